The number of carbonyl (C=O) groups excluding carboxylic acids is 2. The maximum absolute atomic E-state index is 12.8. The van der Waals surface area contributed by atoms with E-state index in [-0.39, 0.29) is 18.9 Å². The van der Waals surface area contributed by atoms with Crippen LogP contribution in [0.15, 0.2) is 60.8 Å². The van der Waals surface area contributed by atoms with Gasteiger partial charge in [-0.1, -0.05) is 12.1 Å². The lowest BCUT2D eigenvalue weighted by molar-refractivity contribution is -0.155. The molecule has 0 atom stereocenters. The summed E-state index contributed by atoms with van der Waals surface area (Å²) in [6, 6.07) is 16.6. The topological polar surface area (TPSA) is 133 Å². The van der Waals surface area contributed by atoms with E-state index in [1.165, 1.54) is 14.2 Å². The molecule has 5 rings (SSSR count). The fourth-order valence-electron chi connectivity index (χ4n) is 5.15. The Morgan fingerprint density at radius 3 is 2.48 bits per heavy atom. The zero-order valence-electron chi connectivity index (χ0n) is 25.6. The Balaban J connectivity index is 1.58. The van der Waals surface area contributed by atoms with E-state index in [1.807, 2.05) is 61.7 Å². The monoisotopic (exact) mass is 599 g/mol. The number of benzene rings is 2. The molecule has 0 saturated carbocycles. The van der Waals surface area contributed by atoms with Crippen molar-refractivity contribution in [3.8, 4) is 23.0 Å². The van der Waals surface area contributed by atoms with E-state index in [2.05, 4.69) is 9.55 Å². The number of hydrogen-bond donors (Lipinski definition) is 1. The molecule has 0 amide bonds. The van der Waals surface area contributed by atoms with E-state index in [1.54, 1.807) is 24.4 Å². The summed E-state index contributed by atoms with van der Waals surface area (Å²) in [7, 11) is 2.85. The van der Waals surface area contributed by atoms with Crippen LogP contribution in [0, 0.1) is 0 Å². The largest absolute Gasteiger partial charge is 0.494 e. The van der Waals surface area contributed by atoms with Gasteiger partial charge < -0.3 is 33.8 Å². The van der Waals surface area contributed by atoms with Gasteiger partial charge in [-0.15, -0.1) is 0 Å². The van der Waals surface area contributed by atoms with Gasteiger partial charge in [0.25, 0.3) is 0 Å². The quantitative estimate of drug-likeness (QED) is 0.116. The van der Waals surface area contributed by atoms with Crippen LogP contribution in [0.25, 0.3) is 33.6 Å². The van der Waals surface area contributed by atoms with Crippen LogP contribution in [-0.2, 0) is 27.4 Å². The summed E-state index contributed by atoms with van der Waals surface area (Å²) in [5, 5.41) is 0.934. The molecule has 11 nitrogen and oxygen atoms in total. The highest BCUT2D eigenvalue weighted by Gasteiger charge is 2.24. The number of aromatic nitrogens is 4. The van der Waals surface area contributed by atoms with Gasteiger partial charge in [-0.2, -0.15) is 0 Å². The molecule has 0 fully saturated rings. The minimum absolute atomic E-state index is 0.0997. The number of aryl methyl sites for hydroxylation is 2. The average molecular weight is 600 g/mol. The van der Waals surface area contributed by atoms with Gasteiger partial charge in [-0.3, -0.25) is 4.79 Å². The minimum Gasteiger partial charge on any atom is -0.494 e. The standard InChI is InChI=1S/C33H37N5O6/c1-33(2,3)44-28(39)13-16-38-29-24(18-22(32(40)42-5)20-27(29)41-4)36-31(38)25-19-21-10-8-14-35-30(21)37(25)15-9-17-43-26-12-7-6-11-23(26)34/h6-8,10-12,14,18-20H,9,13,15-17,34H2,1-5H3. The molecule has 0 aliphatic rings. The van der Waals surface area contributed by atoms with Crippen molar-refractivity contribution < 1.29 is 28.5 Å². The number of nitrogen functional groups attached to an aromatic ring is 1. The first-order chi connectivity index (χ1) is 21.1. The summed E-state index contributed by atoms with van der Waals surface area (Å²) >= 11 is 0. The molecular formula is C33H37N5O6. The van der Waals surface area contributed by atoms with Gasteiger partial charge in [0.15, 0.2) is 5.82 Å². The highest BCUT2D eigenvalue weighted by atomic mass is 16.6. The van der Waals surface area contributed by atoms with Crippen molar-refractivity contribution >= 4 is 39.7 Å². The highest BCUT2D eigenvalue weighted by molar-refractivity contribution is 5.97. The van der Waals surface area contributed by atoms with E-state index in [0.717, 1.165) is 16.7 Å². The number of fused-ring (bicyclic) bond motifs is 2. The van der Waals surface area contributed by atoms with Gasteiger partial charge in [0.1, 0.15) is 28.3 Å². The summed E-state index contributed by atoms with van der Waals surface area (Å²) in [6.45, 7) is 6.78. The molecule has 0 saturated heterocycles. The van der Waals surface area contributed by atoms with Crippen molar-refractivity contribution in [1.29, 1.82) is 0 Å². The van der Waals surface area contributed by atoms with Gasteiger partial charge in [-0.25, -0.2) is 14.8 Å². The molecule has 0 bridgehead atoms. The van der Waals surface area contributed by atoms with Crippen LogP contribution in [0.4, 0.5) is 5.69 Å². The number of carbonyl (C=O) groups is 2. The molecular weight excluding hydrogens is 562 g/mol. The van der Waals surface area contributed by atoms with Crippen LogP contribution >= 0.6 is 0 Å². The number of rotatable bonds is 11. The third-order valence-electron chi connectivity index (χ3n) is 6.99. The average Bonchev–Trinajstić information content (AvgIpc) is 3.55. The van der Waals surface area contributed by atoms with E-state index in [9.17, 15) is 9.59 Å². The highest BCUT2D eigenvalue weighted by Crippen LogP contribution is 2.35. The normalized spacial score (nSPS) is 11.6. The zero-order chi connectivity index (χ0) is 31.4. The van der Waals surface area contributed by atoms with Crippen LogP contribution in [0.5, 0.6) is 11.5 Å². The third kappa shape index (κ3) is 6.46. The first-order valence-corrected chi connectivity index (χ1v) is 14.4. The molecule has 2 aromatic carbocycles. The van der Waals surface area contributed by atoms with Crippen molar-refractivity contribution in [3.63, 3.8) is 0 Å². The number of nitrogens with two attached hydrogens (primary N) is 1. The maximum atomic E-state index is 12.8. The second kappa shape index (κ2) is 12.7. The van der Waals surface area contributed by atoms with Crippen LogP contribution in [0.1, 0.15) is 44.0 Å². The Morgan fingerprint density at radius 1 is 0.955 bits per heavy atom. The fourth-order valence-corrected chi connectivity index (χ4v) is 5.15. The minimum atomic E-state index is -0.616. The molecule has 0 unspecified atom stereocenters. The first-order valence-electron chi connectivity index (χ1n) is 14.4. The Kier molecular flexibility index (Phi) is 8.75. The number of para-hydroxylation sites is 2. The van der Waals surface area contributed by atoms with Crippen molar-refractivity contribution in [2.45, 2.75) is 52.3 Å². The Hall–Kier alpha value is -5.06. The van der Waals surface area contributed by atoms with Crippen LogP contribution < -0.4 is 15.2 Å². The third-order valence-corrected chi connectivity index (χ3v) is 6.99. The number of esters is 2. The summed E-state index contributed by atoms with van der Waals surface area (Å²) in [6.07, 6.45) is 2.51. The molecule has 0 spiro atoms. The van der Waals surface area contributed by atoms with Gasteiger partial charge >= 0.3 is 11.9 Å². The van der Waals surface area contributed by atoms with Crippen molar-refractivity contribution in [2.24, 2.45) is 0 Å². The number of pyridine rings is 1. The number of hydrogen-bond acceptors (Lipinski definition) is 9. The van der Waals surface area contributed by atoms with Crippen molar-refractivity contribution in [3.05, 3.63) is 66.4 Å². The lowest BCUT2D eigenvalue weighted by Crippen LogP contribution is -2.24. The molecule has 11 heteroatoms. The summed E-state index contributed by atoms with van der Waals surface area (Å²) in [5.74, 6) is 0.818. The van der Waals surface area contributed by atoms with Gasteiger partial charge in [0, 0.05) is 24.7 Å². The number of ether oxygens (including phenoxy) is 4. The van der Waals surface area contributed by atoms with Gasteiger partial charge in [-0.05, 0) is 69.7 Å². The molecule has 0 radical (unpaired) electrons. The molecule has 3 heterocycles. The first kappa shape index (κ1) is 30.4. The molecule has 3 aromatic heterocycles. The predicted octanol–water partition coefficient (Wildman–Crippen LogP) is 5.63. The number of imidazole rings is 1. The van der Waals surface area contributed by atoms with Crippen LogP contribution in [0.3, 0.4) is 0 Å². The summed E-state index contributed by atoms with van der Waals surface area (Å²) in [4.78, 5) is 34.9. The second-order valence-electron chi connectivity index (χ2n) is 11.3. The molecule has 5 aromatic rings. The molecule has 230 valence electrons. The Morgan fingerprint density at radius 2 is 1.75 bits per heavy atom. The predicted molar refractivity (Wildman–Crippen MR) is 168 cm³/mol. The lowest BCUT2D eigenvalue weighted by atomic mass is 10.2. The smallest absolute Gasteiger partial charge is 0.338 e. The van der Waals surface area contributed by atoms with Crippen molar-refractivity contribution in [2.75, 3.05) is 26.6 Å². The molecule has 44 heavy (non-hydrogen) atoms. The SMILES string of the molecule is COC(=O)c1cc(OC)c2c(c1)nc(-c1cc3cccnc3n1CCCOc1ccccc1N)n2CCC(=O)OC(C)(C)C. The lowest BCUT2D eigenvalue weighted by Gasteiger charge is -2.20. The van der Waals surface area contributed by atoms with Crippen molar-refractivity contribution in [1.82, 2.24) is 19.1 Å². The van der Waals surface area contributed by atoms with E-state index in [0.29, 0.717) is 59.2 Å². The van der Waals surface area contributed by atoms with Gasteiger partial charge in [0.05, 0.1) is 49.7 Å². The second-order valence-corrected chi connectivity index (χ2v) is 11.3. The van der Waals surface area contributed by atoms with E-state index in [4.69, 9.17) is 29.7 Å². The maximum Gasteiger partial charge on any atom is 0.338 e. The summed E-state index contributed by atoms with van der Waals surface area (Å²) < 4.78 is 26.3. The number of methoxy groups -OCH3 is 2. The Bertz CT molecular complexity index is 1820. The molecule has 0 aliphatic heterocycles. The Labute approximate surface area is 255 Å². The summed E-state index contributed by atoms with van der Waals surface area (Å²) in [5.41, 5.74) is 9.07. The van der Waals surface area contributed by atoms with E-state index < -0.39 is 11.6 Å². The zero-order valence-corrected chi connectivity index (χ0v) is 25.6. The van der Waals surface area contributed by atoms with Crippen LogP contribution in [-0.4, -0.2) is 57.5 Å². The van der Waals surface area contributed by atoms with Crippen LogP contribution in [0.2, 0.25) is 0 Å². The molecule has 0 aliphatic carbocycles. The number of nitrogens with zero attached hydrogens (tertiary/aromatic N) is 4. The molecule has 2 N–H and O–H groups in total. The number of anilines is 1. The van der Waals surface area contributed by atoms with E-state index >= 15 is 0 Å². The fraction of sp³-hybridized carbons (Fsp3) is 0.333. The van der Waals surface area contributed by atoms with Gasteiger partial charge in [0.2, 0.25) is 0 Å².